The third-order valence-electron chi connectivity index (χ3n) is 11.6. The van der Waals surface area contributed by atoms with E-state index < -0.39 is 0 Å². The molecule has 0 spiro atoms. The van der Waals surface area contributed by atoms with E-state index >= 15 is 0 Å². The molecule has 9 aromatic carbocycles. The molecule has 0 saturated carbocycles. The Kier molecular flexibility index (Phi) is 8.53. The highest BCUT2D eigenvalue weighted by Gasteiger charge is 2.28. The molecule has 272 valence electrons. The number of benzene rings is 9. The van der Waals surface area contributed by atoms with Crippen LogP contribution in [0, 0.1) is 0 Å². The lowest BCUT2D eigenvalue weighted by Gasteiger charge is -2.32. The third-order valence-corrected chi connectivity index (χ3v) is 11.6. The minimum absolute atomic E-state index is 0.247. The van der Waals surface area contributed by atoms with Crippen LogP contribution in [0.25, 0.3) is 60.5 Å². The van der Waals surface area contributed by atoms with Crippen molar-refractivity contribution in [1.29, 1.82) is 0 Å². The van der Waals surface area contributed by atoms with E-state index in [1.54, 1.807) is 0 Å². The summed E-state index contributed by atoms with van der Waals surface area (Å²) in [6.07, 6.45) is 0. The Morgan fingerprint density at radius 3 is 1.63 bits per heavy atom. The summed E-state index contributed by atoms with van der Waals surface area (Å²) in [6, 6.07) is 79.4. The highest BCUT2D eigenvalue weighted by Crippen LogP contribution is 2.44. The zero-order chi connectivity index (χ0) is 38.3. The predicted octanol–water partition coefficient (Wildman–Crippen LogP) is 15.1. The molecule has 0 radical (unpaired) electrons. The summed E-state index contributed by atoms with van der Waals surface area (Å²) in [4.78, 5) is 2.38. The summed E-state index contributed by atoms with van der Waals surface area (Å²) in [6.45, 7) is 4.68. The highest BCUT2D eigenvalue weighted by molar-refractivity contribution is 6.14. The van der Waals surface area contributed by atoms with Gasteiger partial charge in [0.1, 0.15) is 0 Å². The molecule has 0 atom stereocenters. The second-order valence-corrected chi connectivity index (χ2v) is 15.4. The van der Waals surface area contributed by atoms with Gasteiger partial charge in [-0.3, -0.25) is 0 Å². The number of hydrogen-bond acceptors (Lipinski definition) is 1. The van der Waals surface area contributed by atoms with Crippen LogP contribution < -0.4 is 4.90 Å². The smallest absolute Gasteiger partial charge is 0.0547 e. The predicted molar refractivity (Wildman–Crippen MR) is 242 cm³/mol. The molecule has 0 aliphatic heterocycles. The van der Waals surface area contributed by atoms with Crippen molar-refractivity contribution in [1.82, 2.24) is 4.57 Å². The molecule has 1 aromatic heterocycles. The molecular weight excluding hydrogens is 689 g/mol. The fourth-order valence-corrected chi connectivity index (χ4v) is 8.64. The molecule has 0 unspecified atom stereocenters. The SMILES string of the molecule is CC(C)(c1ccccc1)c1cc(N(c2ccccc2)c2ccc(-c3ccc4c(c3)c3cc5ccccc5cc3n4-c3ccccc3)cc2)ccc1-c1ccccc1. The summed E-state index contributed by atoms with van der Waals surface area (Å²) in [5.41, 5.74) is 14.1. The lowest BCUT2D eigenvalue weighted by molar-refractivity contribution is 0.643. The summed E-state index contributed by atoms with van der Waals surface area (Å²) >= 11 is 0. The van der Waals surface area contributed by atoms with Crippen molar-refractivity contribution in [3.63, 3.8) is 0 Å². The van der Waals surface area contributed by atoms with Gasteiger partial charge >= 0.3 is 0 Å². The molecule has 1 heterocycles. The molecule has 0 saturated heterocycles. The van der Waals surface area contributed by atoms with Crippen LogP contribution in [0.1, 0.15) is 25.0 Å². The molecule has 57 heavy (non-hydrogen) atoms. The van der Waals surface area contributed by atoms with Gasteiger partial charge in [-0.15, -0.1) is 0 Å². The average Bonchev–Trinajstić information content (AvgIpc) is 3.59. The monoisotopic (exact) mass is 730 g/mol. The van der Waals surface area contributed by atoms with E-state index in [2.05, 4.69) is 242 Å². The lowest BCUT2D eigenvalue weighted by Crippen LogP contribution is -2.21. The van der Waals surface area contributed by atoms with Gasteiger partial charge in [-0.1, -0.05) is 159 Å². The maximum Gasteiger partial charge on any atom is 0.0547 e. The van der Waals surface area contributed by atoms with Gasteiger partial charge in [-0.05, 0) is 117 Å². The third kappa shape index (κ3) is 6.16. The standard InChI is InChI=1S/C55H42N2/c1-55(2,44-21-9-4-10-22-44)52-38-48(32-33-49(52)40-17-7-3-8-18-40)56(45-23-11-5-12-24-45)47-30-27-39(28-31-47)43-29-34-53-50(36-43)51-35-41-19-15-16-20-42(41)37-54(51)57(53)46-25-13-6-14-26-46/h3-38H,1-2H3. The van der Waals surface area contributed by atoms with Gasteiger partial charge in [0.05, 0.1) is 11.0 Å². The van der Waals surface area contributed by atoms with Crippen LogP contribution in [0.5, 0.6) is 0 Å². The van der Waals surface area contributed by atoms with Crippen LogP contribution in [-0.2, 0) is 5.41 Å². The summed E-state index contributed by atoms with van der Waals surface area (Å²) in [7, 11) is 0. The summed E-state index contributed by atoms with van der Waals surface area (Å²) in [5, 5.41) is 5.00. The van der Waals surface area contributed by atoms with Crippen molar-refractivity contribution in [2.75, 3.05) is 4.90 Å². The topological polar surface area (TPSA) is 8.17 Å². The second-order valence-electron chi connectivity index (χ2n) is 15.4. The van der Waals surface area contributed by atoms with E-state index in [0.717, 1.165) is 22.7 Å². The van der Waals surface area contributed by atoms with Gasteiger partial charge in [0.15, 0.2) is 0 Å². The Balaban J connectivity index is 1.09. The van der Waals surface area contributed by atoms with E-state index in [1.165, 1.54) is 66.0 Å². The number of aromatic nitrogens is 1. The van der Waals surface area contributed by atoms with E-state index in [4.69, 9.17) is 0 Å². The average molecular weight is 731 g/mol. The van der Waals surface area contributed by atoms with Crippen molar-refractivity contribution < 1.29 is 0 Å². The van der Waals surface area contributed by atoms with Crippen LogP contribution in [0.4, 0.5) is 17.1 Å². The van der Waals surface area contributed by atoms with Gasteiger partial charge in [0.25, 0.3) is 0 Å². The zero-order valence-corrected chi connectivity index (χ0v) is 32.2. The zero-order valence-electron chi connectivity index (χ0n) is 32.2. The number of anilines is 3. The Bertz CT molecular complexity index is 3000. The molecule has 0 amide bonds. The van der Waals surface area contributed by atoms with E-state index in [9.17, 15) is 0 Å². The van der Waals surface area contributed by atoms with Gasteiger partial charge < -0.3 is 9.47 Å². The maximum absolute atomic E-state index is 2.40. The van der Waals surface area contributed by atoms with E-state index in [-0.39, 0.29) is 5.41 Å². The lowest BCUT2D eigenvalue weighted by atomic mass is 9.75. The van der Waals surface area contributed by atoms with Gasteiger partial charge in [-0.2, -0.15) is 0 Å². The second kappa shape index (κ2) is 14.2. The number of nitrogens with zero attached hydrogens (tertiary/aromatic N) is 2. The first-order valence-electron chi connectivity index (χ1n) is 19.8. The Morgan fingerprint density at radius 1 is 0.386 bits per heavy atom. The van der Waals surface area contributed by atoms with Crippen LogP contribution in [0.3, 0.4) is 0 Å². The first kappa shape index (κ1) is 34.3. The van der Waals surface area contributed by atoms with Crippen molar-refractivity contribution in [3.05, 3.63) is 230 Å². The van der Waals surface area contributed by atoms with Gasteiger partial charge in [-0.25, -0.2) is 0 Å². The van der Waals surface area contributed by atoms with Crippen molar-refractivity contribution >= 4 is 49.6 Å². The molecule has 2 nitrogen and oxygen atoms in total. The van der Waals surface area contributed by atoms with Gasteiger partial charge in [0.2, 0.25) is 0 Å². The van der Waals surface area contributed by atoms with Crippen LogP contribution in [0.2, 0.25) is 0 Å². The number of fused-ring (bicyclic) bond motifs is 4. The molecule has 2 heteroatoms. The van der Waals surface area contributed by atoms with Crippen LogP contribution >= 0.6 is 0 Å². The Hall–Kier alpha value is -7.16. The molecule has 0 fully saturated rings. The van der Waals surface area contributed by atoms with Crippen molar-refractivity contribution in [2.45, 2.75) is 19.3 Å². The molecule has 10 aromatic rings. The molecule has 10 rings (SSSR count). The summed E-state index contributed by atoms with van der Waals surface area (Å²) in [5.74, 6) is 0. The molecule has 0 bridgehead atoms. The summed E-state index contributed by atoms with van der Waals surface area (Å²) < 4.78 is 2.40. The molecular formula is C55H42N2. The first-order chi connectivity index (χ1) is 28.0. The highest BCUT2D eigenvalue weighted by atomic mass is 15.1. The maximum atomic E-state index is 2.40. The number of hydrogen-bond donors (Lipinski definition) is 0. The molecule has 0 aliphatic rings. The fraction of sp³-hybridized carbons (Fsp3) is 0.0545. The Labute approximate surface area is 334 Å². The van der Waals surface area contributed by atoms with E-state index in [0.29, 0.717) is 0 Å². The molecule has 0 aliphatic carbocycles. The van der Waals surface area contributed by atoms with E-state index in [1.807, 2.05) is 0 Å². The number of rotatable bonds is 8. The van der Waals surface area contributed by atoms with Crippen LogP contribution in [0.15, 0.2) is 218 Å². The normalized spacial score (nSPS) is 11.7. The minimum atomic E-state index is -0.247. The number of para-hydroxylation sites is 2. The minimum Gasteiger partial charge on any atom is -0.310 e. The fourth-order valence-electron chi connectivity index (χ4n) is 8.64. The first-order valence-corrected chi connectivity index (χ1v) is 19.8. The van der Waals surface area contributed by atoms with Crippen molar-refractivity contribution in [3.8, 4) is 27.9 Å². The largest absolute Gasteiger partial charge is 0.310 e. The Morgan fingerprint density at radius 2 is 0.930 bits per heavy atom. The molecule has 0 N–H and O–H groups in total. The quantitative estimate of drug-likeness (QED) is 0.151. The van der Waals surface area contributed by atoms with Crippen molar-refractivity contribution in [2.24, 2.45) is 0 Å². The van der Waals surface area contributed by atoms with Gasteiger partial charge in [0, 0.05) is 38.9 Å². The van der Waals surface area contributed by atoms with Crippen LogP contribution in [-0.4, -0.2) is 4.57 Å².